The summed E-state index contributed by atoms with van der Waals surface area (Å²) in [4.78, 5) is 41.3. The van der Waals surface area contributed by atoms with Crippen LogP contribution in [-0.2, 0) is 14.3 Å². The van der Waals surface area contributed by atoms with Crippen molar-refractivity contribution in [3.63, 3.8) is 0 Å². The molecule has 38 heavy (non-hydrogen) atoms. The van der Waals surface area contributed by atoms with Crippen LogP contribution in [0, 0.1) is 13.8 Å². The molecule has 0 bridgehead atoms. The number of rotatable bonds is 12. The maximum absolute atomic E-state index is 13.8. The second kappa shape index (κ2) is 14.4. The maximum Gasteiger partial charge on any atom is 0.408 e. The fraction of sp³-hybridized carbons (Fsp3) is 0.500. The van der Waals surface area contributed by atoms with Gasteiger partial charge in [-0.05, 0) is 76.4 Å². The Morgan fingerprint density at radius 2 is 1.66 bits per heavy atom. The molecule has 3 amide bonds. The molecule has 2 N–H and O–H groups in total. The topological polar surface area (TPSA) is 97.0 Å². The van der Waals surface area contributed by atoms with Crippen LogP contribution < -0.4 is 15.4 Å². The number of unbranched alkanes of at least 4 members (excludes halogenated alkanes) is 3. The van der Waals surface area contributed by atoms with E-state index in [0.29, 0.717) is 18.0 Å². The third kappa shape index (κ3) is 9.72. The van der Waals surface area contributed by atoms with Crippen LogP contribution >= 0.6 is 0 Å². The van der Waals surface area contributed by atoms with Gasteiger partial charge in [0.15, 0.2) is 0 Å². The zero-order valence-corrected chi connectivity index (χ0v) is 23.8. The first-order chi connectivity index (χ1) is 17.9. The number of methoxy groups -OCH3 is 1. The molecule has 1 unspecified atom stereocenters. The molecule has 0 fully saturated rings. The summed E-state index contributed by atoms with van der Waals surface area (Å²) in [5.74, 6) is -0.0110. The van der Waals surface area contributed by atoms with Crippen molar-refractivity contribution in [2.24, 2.45) is 0 Å². The van der Waals surface area contributed by atoms with Crippen molar-refractivity contribution < 1.29 is 23.9 Å². The summed E-state index contributed by atoms with van der Waals surface area (Å²) in [6.07, 6.45) is 3.07. The van der Waals surface area contributed by atoms with E-state index in [9.17, 15) is 14.4 Å². The van der Waals surface area contributed by atoms with Crippen LogP contribution in [-0.4, -0.2) is 48.6 Å². The Balaban J connectivity index is 2.41. The van der Waals surface area contributed by atoms with E-state index in [-0.39, 0.29) is 18.4 Å². The first kappa shape index (κ1) is 30.7. The number of amides is 3. The lowest BCUT2D eigenvalue weighted by molar-refractivity contribution is -0.138. The van der Waals surface area contributed by atoms with Gasteiger partial charge in [0.05, 0.1) is 7.11 Å². The van der Waals surface area contributed by atoms with Crippen molar-refractivity contribution in [2.45, 2.75) is 78.9 Å². The highest BCUT2D eigenvalue weighted by Gasteiger charge is 2.33. The average molecular weight is 526 g/mol. The molecule has 1 atom stereocenters. The fourth-order valence-corrected chi connectivity index (χ4v) is 4.06. The Morgan fingerprint density at radius 3 is 2.26 bits per heavy atom. The van der Waals surface area contributed by atoms with Crippen LogP contribution in [0.25, 0.3) is 0 Å². The SMILES string of the molecule is CCCCCCN(C(=O)CNC(=O)OC(C)(C)C)C(C(=O)Nc1ccc(OC)cc1)c1cc(C)ccc1C. The molecule has 0 aliphatic heterocycles. The van der Waals surface area contributed by atoms with E-state index in [1.54, 1.807) is 57.0 Å². The molecule has 0 saturated heterocycles. The van der Waals surface area contributed by atoms with Crippen molar-refractivity contribution in [1.29, 1.82) is 0 Å². The number of carbonyl (C=O) groups excluding carboxylic acids is 3. The molecule has 2 rings (SSSR count). The monoisotopic (exact) mass is 525 g/mol. The lowest BCUT2D eigenvalue weighted by Gasteiger charge is -2.33. The van der Waals surface area contributed by atoms with Gasteiger partial charge in [-0.1, -0.05) is 49.9 Å². The molecule has 8 heteroatoms. The first-order valence-electron chi connectivity index (χ1n) is 13.2. The molecule has 2 aromatic rings. The molecular weight excluding hydrogens is 482 g/mol. The molecule has 0 spiro atoms. The molecule has 0 aliphatic carbocycles. The Labute approximate surface area is 227 Å². The predicted molar refractivity (Wildman–Crippen MR) is 150 cm³/mol. The number of anilines is 1. The van der Waals surface area contributed by atoms with Crippen LogP contribution in [0.3, 0.4) is 0 Å². The Kier molecular flexibility index (Phi) is 11.6. The third-order valence-electron chi connectivity index (χ3n) is 6.00. The summed E-state index contributed by atoms with van der Waals surface area (Å²) in [6.45, 7) is 11.4. The smallest absolute Gasteiger partial charge is 0.408 e. The van der Waals surface area contributed by atoms with E-state index in [4.69, 9.17) is 9.47 Å². The van der Waals surface area contributed by atoms with Crippen molar-refractivity contribution in [1.82, 2.24) is 10.2 Å². The van der Waals surface area contributed by atoms with Crippen LogP contribution in [0.5, 0.6) is 5.75 Å². The van der Waals surface area contributed by atoms with Gasteiger partial charge < -0.3 is 25.0 Å². The highest BCUT2D eigenvalue weighted by molar-refractivity contribution is 5.98. The number of aryl methyl sites for hydroxylation is 2. The lowest BCUT2D eigenvalue weighted by Crippen LogP contribution is -2.47. The lowest BCUT2D eigenvalue weighted by atomic mass is 9.96. The van der Waals surface area contributed by atoms with Crippen LogP contribution in [0.1, 0.15) is 76.1 Å². The van der Waals surface area contributed by atoms with Crippen LogP contribution in [0.2, 0.25) is 0 Å². The van der Waals surface area contributed by atoms with Gasteiger partial charge in [-0.3, -0.25) is 9.59 Å². The molecule has 0 aliphatic rings. The molecule has 0 aromatic heterocycles. The largest absolute Gasteiger partial charge is 0.497 e. The van der Waals surface area contributed by atoms with Crippen LogP contribution in [0.15, 0.2) is 42.5 Å². The van der Waals surface area contributed by atoms with Gasteiger partial charge in [0.25, 0.3) is 5.91 Å². The Hall–Kier alpha value is -3.55. The molecular formula is C30H43N3O5. The average Bonchev–Trinajstić information content (AvgIpc) is 2.85. The fourth-order valence-electron chi connectivity index (χ4n) is 4.06. The van der Waals surface area contributed by atoms with E-state index in [1.165, 1.54) is 0 Å². The summed E-state index contributed by atoms with van der Waals surface area (Å²) in [5, 5.41) is 5.53. The predicted octanol–water partition coefficient (Wildman–Crippen LogP) is 5.93. The number of hydrogen-bond acceptors (Lipinski definition) is 5. The zero-order chi connectivity index (χ0) is 28.3. The van der Waals surface area contributed by atoms with E-state index in [2.05, 4.69) is 17.6 Å². The number of alkyl carbamates (subject to hydrolysis) is 1. The van der Waals surface area contributed by atoms with Gasteiger partial charge in [-0.15, -0.1) is 0 Å². The molecule has 0 saturated carbocycles. The number of nitrogens with one attached hydrogen (secondary N) is 2. The summed E-state index contributed by atoms with van der Waals surface area (Å²) in [6, 6.07) is 12.0. The molecule has 2 aromatic carbocycles. The highest BCUT2D eigenvalue weighted by atomic mass is 16.6. The normalized spacial score (nSPS) is 11.9. The molecule has 8 nitrogen and oxygen atoms in total. The van der Waals surface area contributed by atoms with Crippen molar-refractivity contribution >= 4 is 23.6 Å². The molecule has 0 heterocycles. The number of benzene rings is 2. The summed E-state index contributed by atoms with van der Waals surface area (Å²) < 4.78 is 10.5. The number of nitrogens with zero attached hydrogens (tertiary/aromatic N) is 1. The standard InChI is InChI=1S/C30H43N3O5/c1-8-9-10-11-18-33(26(34)20-31-29(36)38-30(4,5)6)27(25-19-21(2)12-13-22(25)3)28(35)32-23-14-16-24(37-7)17-15-23/h12-17,19,27H,8-11,18,20H2,1-7H3,(H,31,36)(H,32,35). The van der Waals surface area contributed by atoms with Gasteiger partial charge >= 0.3 is 6.09 Å². The quantitative estimate of drug-likeness (QED) is 0.335. The van der Waals surface area contributed by atoms with Crippen LogP contribution in [0.4, 0.5) is 10.5 Å². The summed E-state index contributed by atoms with van der Waals surface area (Å²) >= 11 is 0. The minimum atomic E-state index is -0.883. The van der Waals surface area contributed by atoms with Gasteiger partial charge in [0, 0.05) is 12.2 Å². The van der Waals surface area contributed by atoms with Crippen molar-refractivity contribution in [3.8, 4) is 5.75 Å². The van der Waals surface area contributed by atoms with E-state index in [1.807, 2.05) is 32.0 Å². The van der Waals surface area contributed by atoms with Crippen molar-refractivity contribution in [3.05, 3.63) is 59.2 Å². The van der Waals surface area contributed by atoms with Crippen molar-refractivity contribution in [2.75, 3.05) is 25.5 Å². The highest BCUT2D eigenvalue weighted by Crippen LogP contribution is 2.28. The second-order valence-corrected chi connectivity index (χ2v) is 10.5. The molecule has 0 radical (unpaired) electrons. The zero-order valence-electron chi connectivity index (χ0n) is 23.8. The number of carbonyl (C=O) groups is 3. The van der Waals surface area contributed by atoms with Gasteiger partial charge in [0.1, 0.15) is 23.9 Å². The second-order valence-electron chi connectivity index (χ2n) is 10.5. The van der Waals surface area contributed by atoms with Gasteiger partial charge in [-0.25, -0.2) is 4.79 Å². The number of ether oxygens (including phenoxy) is 2. The Bertz CT molecular complexity index is 1080. The van der Waals surface area contributed by atoms with E-state index in [0.717, 1.165) is 42.4 Å². The maximum atomic E-state index is 13.8. The Morgan fingerprint density at radius 1 is 0.974 bits per heavy atom. The van der Waals surface area contributed by atoms with E-state index < -0.39 is 17.7 Å². The summed E-state index contributed by atoms with van der Waals surface area (Å²) in [5.41, 5.74) is 2.54. The third-order valence-corrected chi connectivity index (χ3v) is 6.00. The minimum Gasteiger partial charge on any atom is -0.497 e. The van der Waals surface area contributed by atoms with Gasteiger partial charge in [0.2, 0.25) is 5.91 Å². The molecule has 208 valence electrons. The van der Waals surface area contributed by atoms with E-state index >= 15 is 0 Å². The minimum absolute atomic E-state index is 0.278. The first-order valence-corrected chi connectivity index (χ1v) is 13.2. The summed E-state index contributed by atoms with van der Waals surface area (Å²) in [7, 11) is 1.58. The van der Waals surface area contributed by atoms with Gasteiger partial charge in [-0.2, -0.15) is 0 Å². The number of hydrogen-bond donors (Lipinski definition) is 2.